The van der Waals surface area contributed by atoms with Crippen LogP contribution in [0, 0.1) is 0 Å². The Kier molecular flexibility index (Phi) is 6.17. The van der Waals surface area contributed by atoms with Gasteiger partial charge in [-0.25, -0.2) is 0 Å². The molecule has 192 valence electrons. The summed E-state index contributed by atoms with van der Waals surface area (Å²) in [6, 6.07) is 37.5. The fourth-order valence-corrected chi connectivity index (χ4v) is 6.45. The molecule has 0 radical (unpaired) electrons. The number of allylic oxidation sites excluding steroid dienone is 3. The second kappa shape index (κ2) is 10.1. The third-order valence-corrected chi connectivity index (χ3v) is 8.46. The highest BCUT2D eigenvalue weighted by Crippen LogP contribution is 2.43. The number of hydrogen-bond donors (Lipinski definition) is 0. The lowest BCUT2D eigenvalue weighted by molar-refractivity contribution is 0.546. The minimum absolute atomic E-state index is 0.460. The van der Waals surface area contributed by atoms with Crippen LogP contribution in [0.1, 0.15) is 55.4 Å². The van der Waals surface area contributed by atoms with Gasteiger partial charge in [0.2, 0.25) is 0 Å². The van der Waals surface area contributed by atoms with Crippen LogP contribution in [0.15, 0.2) is 125 Å². The molecule has 2 nitrogen and oxygen atoms in total. The molecule has 2 aliphatic carbocycles. The first-order chi connectivity index (χ1) is 19.3. The van der Waals surface area contributed by atoms with E-state index in [9.17, 15) is 0 Å². The largest absolute Gasteiger partial charge is 0.460 e. The molecule has 0 saturated heterocycles. The molecule has 1 aromatic heterocycles. The van der Waals surface area contributed by atoms with Crippen LogP contribution in [-0.4, -0.2) is 0 Å². The van der Waals surface area contributed by atoms with Crippen molar-refractivity contribution in [1.82, 2.24) is 0 Å². The molecule has 0 amide bonds. The molecule has 0 spiro atoms. The second-order valence-electron chi connectivity index (χ2n) is 10.8. The second-order valence-corrected chi connectivity index (χ2v) is 10.8. The molecule has 0 aliphatic heterocycles. The van der Waals surface area contributed by atoms with Gasteiger partial charge in [0, 0.05) is 40.4 Å². The highest BCUT2D eigenvalue weighted by molar-refractivity contribution is 5.92. The Hall–Kier alpha value is -4.30. The topological polar surface area (TPSA) is 16.4 Å². The van der Waals surface area contributed by atoms with E-state index < -0.39 is 0 Å². The first kappa shape index (κ1) is 23.8. The summed E-state index contributed by atoms with van der Waals surface area (Å²) >= 11 is 0. The number of hydrogen-bond acceptors (Lipinski definition) is 2. The van der Waals surface area contributed by atoms with Crippen LogP contribution in [0.4, 0.5) is 11.4 Å². The first-order valence-electron chi connectivity index (χ1n) is 14.2. The number of rotatable bonds is 5. The Labute approximate surface area is 230 Å². The van der Waals surface area contributed by atoms with Gasteiger partial charge in [-0.2, -0.15) is 0 Å². The van der Waals surface area contributed by atoms with Crippen molar-refractivity contribution in [3.05, 3.63) is 137 Å². The number of fused-ring (bicyclic) bond motifs is 3. The van der Waals surface area contributed by atoms with E-state index in [0.29, 0.717) is 5.92 Å². The third-order valence-electron chi connectivity index (χ3n) is 8.46. The summed E-state index contributed by atoms with van der Waals surface area (Å²) in [5, 5.41) is 1.21. The van der Waals surface area contributed by atoms with E-state index in [1.807, 2.05) is 0 Å². The van der Waals surface area contributed by atoms with Gasteiger partial charge >= 0.3 is 0 Å². The van der Waals surface area contributed by atoms with Crippen LogP contribution < -0.4 is 4.90 Å². The van der Waals surface area contributed by atoms with Gasteiger partial charge in [0.15, 0.2) is 0 Å². The van der Waals surface area contributed by atoms with Crippen molar-refractivity contribution in [2.75, 3.05) is 4.90 Å². The summed E-state index contributed by atoms with van der Waals surface area (Å²) in [5.41, 5.74) is 11.4. The van der Waals surface area contributed by atoms with Gasteiger partial charge in [-0.15, -0.1) is 0 Å². The van der Waals surface area contributed by atoms with Gasteiger partial charge < -0.3 is 9.32 Å². The standard InChI is InChI=1S/C37H33NO/c1-26-32(28-11-4-2-5-12-28)16-10-17-35(26)38(30-13-6-3-7-14-30)31-22-19-27(20-23-31)29-21-24-37-34(25-29)33-15-8-9-18-36(33)39-37/h2-8,11-15,19-25,32H,9-10,16-18H2,1H3. The molecule has 0 fully saturated rings. The lowest BCUT2D eigenvalue weighted by Gasteiger charge is -2.35. The normalized spacial score (nSPS) is 16.9. The Morgan fingerprint density at radius 3 is 2.26 bits per heavy atom. The van der Waals surface area contributed by atoms with Crippen molar-refractivity contribution in [1.29, 1.82) is 0 Å². The van der Waals surface area contributed by atoms with Gasteiger partial charge in [-0.3, -0.25) is 0 Å². The minimum Gasteiger partial charge on any atom is -0.460 e. The van der Waals surface area contributed by atoms with Gasteiger partial charge in [0.1, 0.15) is 11.3 Å². The van der Waals surface area contributed by atoms with E-state index in [1.54, 1.807) is 0 Å². The summed E-state index contributed by atoms with van der Waals surface area (Å²) in [5.74, 6) is 1.57. The Bertz CT molecular complexity index is 1670. The minimum atomic E-state index is 0.460. The Morgan fingerprint density at radius 2 is 1.46 bits per heavy atom. The molecular weight excluding hydrogens is 474 g/mol. The predicted molar refractivity (Wildman–Crippen MR) is 163 cm³/mol. The number of aryl methyl sites for hydroxylation is 1. The highest BCUT2D eigenvalue weighted by Gasteiger charge is 2.26. The van der Waals surface area contributed by atoms with Crippen molar-refractivity contribution in [3.63, 3.8) is 0 Å². The zero-order chi connectivity index (χ0) is 26.2. The van der Waals surface area contributed by atoms with E-state index in [1.165, 1.54) is 63.1 Å². The number of anilines is 2. The average Bonchev–Trinajstić information content (AvgIpc) is 3.38. The SMILES string of the molecule is CC1=C(N(c2ccccc2)c2ccc(-c3ccc4oc5c(c4c3)C=CCC5)cc2)CCCC1c1ccccc1. The zero-order valence-electron chi connectivity index (χ0n) is 22.4. The quantitative estimate of drug-likeness (QED) is 0.235. The molecule has 1 heterocycles. The van der Waals surface area contributed by atoms with E-state index in [2.05, 4.69) is 127 Å². The molecule has 5 aromatic rings. The van der Waals surface area contributed by atoms with Crippen LogP contribution in [0.5, 0.6) is 0 Å². The summed E-state index contributed by atoms with van der Waals surface area (Å²) < 4.78 is 6.14. The molecule has 39 heavy (non-hydrogen) atoms. The zero-order valence-corrected chi connectivity index (χ0v) is 22.4. The fraction of sp³-hybridized carbons (Fsp3) is 0.189. The summed E-state index contributed by atoms with van der Waals surface area (Å²) in [4.78, 5) is 2.48. The number of benzene rings is 4. The van der Waals surface area contributed by atoms with Crippen molar-refractivity contribution in [3.8, 4) is 11.1 Å². The van der Waals surface area contributed by atoms with Crippen LogP contribution in [0.3, 0.4) is 0 Å². The summed E-state index contributed by atoms with van der Waals surface area (Å²) in [7, 11) is 0. The molecule has 1 unspecified atom stereocenters. The summed E-state index contributed by atoms with van der Waals surface area (Å²) in [6.07, 6.45) is 10.00. The number of furan rings is 1. The fourth-order valence-electron chi connectivity index (χ4n) is 6.45. The molecule has 4 aromatic carbocycles. The molecule has 2 heteroatoms. The summed E-state index contributed by atoms with van der Waals surface area (Å²) in [6.45, 7) is 2.34. The lowest BCUT2D eigenvalue weighted by Crippen LogP contribution is -2.22. The molecule has 0 bridgehead atoms. The maximum absolute atomic E-state index is 6.14. The third kappa shape index (κ3) is 4.40. The van der Waals surface area contributed by atoms with Crippen molar-refractivity contribution in [2.24, 2.45) is 0 Å². The monoisotopic (exact) mass is 507 g/mol. The predicted octanol–water partition coefficient (Wildman–Crippen LogP) is 10.4. The highest BCUT2D eigenvalue weighted by atomic mass is 16.3. The molecule has 2 aliphatic rings. The smallest absolute Gasteiger partial charge is 0.134 e. The van der Waals surface area contributed by atoms with Gasteiger partial charge in [-0.05, 0) is 91.3 Å². The van der Waals surface area contributed by atoms with Gasteiger partial charge in [0.25, 0.3) is 0 Å². The van der Waals surface area contributed by atoms with Crippen molar-refractivity contribution >= 4 is 28.4 Å². The van der Waals surface area contributed by atoms with Crippen molar-refractivity contribution < 1.29 is 4.42 Å². The molecule has 0 N–H and O–H groups in total. The number of para-hydroxylation sites is 1. The molecular formula is C37H33NO. The maximum atomic E-state index is 6.14. The van der Waals surface area contributed by atoms with Crippen LogP contribution in [0.25, 0.3) is 28.2 Å². The van der Waals surface area contributed by atoms with E-state index in [0.717, 1.165) is 30.6 Å². The molecule has 7 rings (SSSR count). The van der Waals surface area contributed by atoms with E-state index >= 15 is 0 Å². The van der Waals surface area contributed by atoms with Crippen LogP contribution in [0.2, 0.25) is 0 Å². The lowest BCUT2D eigenvalue weighted by atomic mass is 9.81. The van der Waals surface area contributed by atoms with Crippen molar-refractivity contribution in [2.45, 2.75) is 44.9 Å². The Balaban J connectivity index is 1.28. The van der Waals surface area contributed by atoms with Crippen LogP contribution >= 0.6 is 0 Å². The maximum Gasteiger partial charge on any atom is 0.134 e. The number of nitrogens with zero attached hydrogens (tertiary/aromatic N) is 1. The average molecular weight is 508 g/mol. The van der Waals surface area contributed by atoms with E-state index in [-0.39, 0.29) is 0 Å². The van der Waals surface area contributed by atoms with Crippen LogP contribution in [-0.2, 0) is 6.42 Å². The van der Waals surface area contributed by atoms with E-state index in [4.69, 9.17) is 4.42 Å². The van der Waals surface area contributed by atoms with Gasteiger partial charge in [0.05, 0.1) is 0 Å². The molecule has 0 saturated carbocycles. The first-order valence-corrected chi connectivity index (χ1v) is 14.2. The molecule has 1 atom stereocenters. The Morgan fingerprint density at radius 1 is 0.744 bits per heavy atom. The van der Waals surface area contributed by atoms with Gasteiger partial charge in [-0.1, -0.05) is 78.9 Å².